The lowest BCUT2D eigenvalue weighted by Gasteiger charge is -2.31. The SMILES string of the molecule is CC(C)N(C(=O)CN1CCC[C@H]1c1ccncc1)c1ccccc1. The van der Waals surface area contributed by atoms with Crippen molar-refractivity contribution in [2.45, 2.75) is 38.8 Å². The molecule has 126 valence electrons. The first kappa shape index (κ1) is 16.7. The highest BCUT2D eigenvalue weighted by Gasteiger charge is 2.30. The van der Waals surface area contributed by atoms with Crippen LogP contribution in [0.15, 0.2) is 54.9 Å². The number of anilines is 1. The predicted octanol–water partition coefficient (Wildman–Crippen LogP) is 3.66. The largest absolute Gasteiger partial charge is 0.309 e. The molecule has 0 spiro atoms. The Balaban J connectivity index is 1.75. The molecule has 0 N–H and O–H groups in total. The first-order chi connectivity index (χ1) is 11.7. The van der Waals surface area contributed by atoms with Crippen molar-refractivity contribution in [3.63, 3.8) is 0 Å². The Hall–Kier alpha value is -2.20. The fourth-order valence-corrected chi connectivity index (χ4v) is 3.55. The van der Waals surface area contributed by atoms with Gasteiger partial charge in [0.15, 0.2) is 0 Å². The zero-order chi connectivity index (χ0) is 16.9. The van der Waals surface area contributed by atoms with Gasteiger partial charge in [-0.3, -0.25) is 14.7 Å². The molecule has 0 aliphatic carbocycles. The van der Waals surface area contributed by atoms with Gasteiger partial charge in [0.25, 0.3) is 0 Å². The number of nitrogens with zero attached hydrogens (tertiary/aromatic N) is 3. The molecule has 1 aliphatic rings. The third kappa shape index (κ3) is 3.65. The van der Waals surface area contributed by atoms with Gasteiger partial charge in [0, 0.05) is 30.2 Å². The van der Waals surface area contributed by atoms with Crippen LogP contribution in [0.25, 0.3) is 0 Å². The lowest BCUT2D eigenvalue weighted by molar-refractivity contribution is -0.120. The summed E-state index contributed by atoms with van der Waals surface area (Å²) in [6.07, 6.45) is 5.90. The third-order valence-corrected chi connectivity index (χ3v) is 4.61. The number of pyridine rings is 1. The molecular formula is C20H25N3O. The average molecular weight is 323 g/mol. The molecule has 1 fully saturated rings. The maximum atomic E-state index is 13.0. The second kappa shape index (κ2) is 7.58. The lowest BCUT2D eigenvalue weighted by atomic mass is 10.1. The summed E-state index contributed by atoms with van der Waals surface area (Å²) in [5.41, 5.74) is 2.23. The van der Waals surface area contributed by atoms with Crippen LogP contribution in [0.4, 0.5) is 5.69 Å². The van der Waals surface area contributed by atoms with Gasteiger partial charge in [-0.25, -0.2) is 0 Å². The number of carbonyl (C=O) groups excluding carboxylic acids is 1. The van der Waals surface area contributed by atoms with Crippen molar-refractivity contribution in [1.29, 1.82) is 0 Å². The quantitative estimate of drug-likeness (QED) is 0.842. The Morgan fingerprint density at radius 2 is 1.92 bits per heavy atom. The van der Waals surface area contributed by atoms with Crippen molar-refractivity contribution < 1.29 is 4.79 Å². The molecule has 1 amide bonds. The zero-order valence-electron chi connectivity index (χ0n) is 14.4. The van der Waals surface area contributed by atoms with Gasteiger partial charge in [0.05, 0.1) is 6.54 Å². The normalized spacial score (nSPS) is 18.0. The van der Waals surface area contributed by atoms with E-state index >= 15 is 0 Å². The minimum atomic E-state index is 0.141. The third-order valence-electron chi connectivity index (χ3n) is 4.61. The molecule has 1 aromatic carbocycles. The highest BCUT2D eigenvalue weighted by Crippen LogP contribution is 2.31. The second-order valence-electron chi connectivity index (χ2n) is 6.60. The van der Waals surface area contributed by atoms with E-state index in [1.807, 2.05) is 47.6 Å². The molecule has 2 aromatic rings. The van der Waals surface area contributed by atoms with Crippen molar-refractivity contribution in [2.75, 3.05) is 18.0 Å². The van der Waals surface area contributed by atoms with Crippen LogP contribution in [-0.4, -0.2) is 34.9 Å². The van der Waals surface area contributed by atoms with Crippen molar-refractivity contribution in [2.24, 2.45) is 0 Å². The van der Waals surface area contributed by atoms with E-state index in [0.717, 1.165) is 25.1 Å². The summed E-state index contributed by atoms with van der Waals surface area (Å²) in [4.78, 5) is 21.3. The Labute approximate surface area is 144 Å². The van der Waals surface area contributed by atoms with Gasteiger partial charge in [0.1, 0.15) is 0 Å². The summed E-state index contributed by atoms with van der Waals surface area (Å²) in [6.45, 7) is 5.56. The van der Waals surface area contributed by atoms with E-state index in [1.54, 1.807) is 0 Å². The van der Waals surface area contributed by atoms with Crippen LogP contribution >= 0.6 is 0 Å². The molecule has 2 heterocycles. The molecule has 1 saturated heterocycles. The highest BCUT2D eigenvalue weighted by molar-refractivity contribution is 5.95. The Morgan fingerprint density at radius 1 is 1.21 bits per heavy atom. The molecule has 1 aliphatic heterocycles. The maximum Gasteiger partial charge on any atom is 0.241 e. The Bertz CT molecular complexity index is 657. The van der Waals surface area contributed by atoms with Crippen LogP contribution in [0, 0.1) is 0 Å². The molecule has 3 rings (SSSR count). The van der Waals surface area contributed by atoms with Crippen molar-refractivity contribution in [3.05, 3.63) is 60.4 Å². The fourth-order valence-electron chi connectivity index (χ4n) is 3.55. The van der Waals surface area contributed by atoms with Crippen LogP contribution in [0.2, 0.25) is 0 Å². The summed E-state index contributed by atoms with van der Waals surface area (Å²) in [5, 5.41) is 0. The van der Waals surface area contributed by atoms with Crippen LogP contribution in [0.1, 0.15) is 38.3 Å². The van der Waals surface area contributed by atoms with Gasteiger partial charge in [-0.15, -0.1) is 0 Å². The van der Waals surface area contributed by atoms with E-state index < -0.39 is 0 Å². The minimum absolute atomic E-state index is 0.141. The second-order valence-corrected chi connectivity index (χ2v) is 6.60. The fraction of sp³-hybridized carbons (Fsp3) is 0.400. The van der Waals surface area contributed by atoms with E-state index in [1.165, 1.54) is 5.56 Å². The monoisotopic (exact) mass is 323 g/mol. The van der Waals surface area contributed by atoms with Crippen molar-refractivity contribution in [1.82, 2.24) is 9.88 Å². The van der Waals surface area contributed by atoms with E-state index in [4.69, 9.17) is 0 Å². The number of likely N-dealkylation sites (tertiary alicyclic amines) is 1. The Kier molecular flexibility index (Phi) is 5.26. The molecule has 24 heavy (non-hydrogen) atoms. The number of benzene rings is 1. The number of rotatable bonds is 5. The number of amides is 1. The Morgan fingerprint density at radius 3 is 2.58 bits per heavy atom. The number of aromatic nitrogens is 1. The van der Waals surface area contributed by atoms with Gasteiger partial charge in [-0.1, -0.05) is 18.2 Å². The van der Waals surface area contributed by atoms with Crippen LogP contribution in [0.5, 0.6) is 0 Å². The first-order valence-corrected chi connectivity index (χ1v) is 8.68. The molecule has 4 heteroatoms. The van der Waals surface area contributed by atoms with E-state index in [-0.39, 0.29) is 11.9 Å². The standard InChI is InChI=1S/C20H25N3O/c1-16(2)23(18-7-4-3-5-8-18)20(24)15-22-14-6-9-19(22)17-10-12-21-13-11-17/h3-5,7-8,10-13,16,19H,6,9,14-15H2,1-2H3/t19-/m0/s1. The topological polar surface area (TPSA) is 36.4 Å². The molecular weight excluding hydrogens is 298 g/mol. The van der Waals surface area contributed by atoms with Crippen molar-refractivity contribution in [3.8, 4) is 0 Å². The molecule has 0 unspecified atom stereocenters. The number of hydrogen-bond donors (Lipinski definition) is 0. The van der Waals surface area contributed by atoms with Gasteiger partial charge >= 0.3 is 0 Å². The van der Waals surface area contributed by atoms with Crippen LogP contribution in [0.3, 0.4) is 0 Å². The van der Waals surface area contributed by atoms with Crippen LogP contribution < -0.4 is 4.90 Å². The smallest absolute Gasteiger partial charge is 0.241 e. The van der Waals surface area contributed by atoms with Crippen LogP contribution in [-0.2, 0) is 4.79 Å². The summed E-state index contributed by atoms with van der Waals surface area (Å²) in [7, 11) is 0. The summed E-state index contributed by atoms with van der Waals surface area (Å²) < 4.78 is 0. The summed E-state index contributed by atoms with van der Waals surface area (Å²) >= 11 is 0. The van der Waals surface area contributed by atoms with Crippen molar-refractivity contribution >= 4 is 11.6 Å². The van der Waals surface area contributed by atoms with E-state index in [0.29, 0.717) is 12.6 Å². The average Bonchev–Trinajstić information content (AvgIpc) is 3.04. The van der Waals surface area contributed by atoms with Gasteiger partial charge < -0.3 is 4.90 Å². The molecule has 0 radical (unpaired) electrons. The number of para-hydroxylation sites is 1. The summed E-state index contributed by atoms with van der Waals surface area (Å²) in [6, 6.07) is 14.5. The molecule has 0 saturated carbocycles. The predicted molar refractivity (Wildman–Crippen MR) is 96.8 cm³/mol. The van der Waals surface area contributed by atoms with Gasteiger partial charge in [0.2, 0.25) is 5.91 Å². The maximum absolute atomic E-state index is 13.0. The lowest BCUT2D eigenvalue weighted by Crippen LogP contribution is -2.43. The summed E-state index contributed by atoms with van der Waals surface area (Å²) in [5.74, 6) is 0.164. The molecule has 4 nitrogen and oxygen atoms in total. The minimum Gasteiger partial charge on any atom is -0.309 e. The van der Waals surface area contributed by atoms with E-state index in [9.17, 15) is 4.79 Å². The first-order valence-electron chi connectivity index (χ1n) is 8.68. The molecule has 1 atom stereocenters. The van der Waals surface area contributed by atoms with E-state index in [2.05, 4.69) is 35.9 Å². The highest BCUT2D eigenvalue weighted by atomic mass is 16.2. The zero-order valence-corrected chi connectivity index (χ0v) is 14.4. The molecule has 1 aromatic heterocycles. The number of carbonyl (C=O) groups is 1. The molecule has 0 bridgehead atoms. The number of hydrogen-bond acceptors (Lipinski definition) is 3. The van der Waals surface area contributed by atoms with Gasteiger partial charge in [-0.2, -0.15) is 0 Å². The van der Waals surface area contributed by atoms with Gasteiger partial charge in [-0.05, 0) is 63.1 Å².